The Balaban J connectivity index is 1.85. The lowest BCUT2D eigenvalue weighted by Crippen LogP contribution is -2.24. The van der Waals surface area contributed by atoms with Gasteiger partial charge in [0.05, 0.1) is 6.61 Å². The number of aldehydes is 1. The molecule has 1 heterocycles. The zero-order valence-electron chi connectivity index (χ0n) is 14.1. The molecule has 5 nitrogen and oxygen atoms in total. The van der Waals surface area contributed by atoms with Crippen LogP contribution >= 0.6 is 0 Å². The van der Waals surface area contributed by atoms with Gasteiger partial charge in [-0.1, -0.05) is 18.2 Å². The third-order valence-corrected chi connectivity index (χ3v) is 3.93. The first-order chi connectivity index (χ1) is 12.1. The molecule has 5 heteroatoms. The molecule has 25 heavy (non-hydrogen) atoms. The molecule has 0 fully saturated rings. The molecule has 0 aliphatic rings. The highest BCUT2D eigenvalue weighted by atomic mass is 16.5. The second kappa shape index (κ2) is 7.21. The summed E-state index contributed by atoms with van der Waals surface area (Å²) in [6.45, 7) is 3.98. The Morgan fingerprint density at radius 1 is 1.20 bits per heavy atom. The Kier molecular flexibility index (Phi) is 4.84. The molecule has 0 aliphatic heterocycles. The smallest absolute Gasteiger partial charge is 0.205 e. The molecule has 2 aromatic carbocycles. The predicted molar refractivity (Wildman–Crippen MR) is 95.7 cm³/mol. The van der Waals surface area contributed by atoms with Crippen LogP contribution in [0.15, 0.2) is 48.7 Å². The third-order valence-electron chi connectivity index (χ3n) is 3.93. The van der Waals surface area contributed by atoms with Gasteiger partial charge in [0.1, 0.15) is 6.29 Å². The number of carbonyl (C=O) groups excluding carboxylic acids is 2. The topological polar surface area (TPSA) is 68.4 Å². The summed E-state index contributed by atoms with van der Waals surface area (Å²) in [5, 5.41) is 0.865. The number of H-pyrrole nitrogens is 1. The Bertz CT molecular complexity index is 913. The van der Waals surface area contributed by atoms with Crippen LogP contribution in [0.25, 0.3) is 10.9 Å². The highest BCUT2D eigenvalue weighted by Crippen LogP contribution is 2.30. The van der Waals surface area contributed by atoms with Gasteiger partial charge in [0.15, 0.2) is 17.6 Å². The average molecular weight is 337 g/mol. The van der Waals surface area contributed by atoms with Crippen molar-refractivity contribution >= 4 is 23.0 Å². The molecule has 0 saturated carbocycles. The number of nitrogens with one attached hydrogen (secondary N) is 1. The number of hydrogen-bond donors (Lipinski definition) is 1. The van der Waals surface area contributed by atoms with Crippen molar-refractivity contribution in [2.24, 2.45) is 0 Å². The first kappa shape index (κ1) is 16.8. The lowest BCUT2D eigenvalue weighted by molar-refractivity contribution is 0.0814. The van der Waals surface area contributed by atoms with Crippen molar-refractivity contribution in [3.63, 3.8) is 0 Å². The minimum absolute atomic E-state index is 0.126. The second-order valence-corrected chi connectivity index (χ2v) is 5.63. The lowest BCUT2D eigenvalue weighted by atomic mass is 10.1. The summed E-state index contributed by atoms with van der Waals surface area (Å²) < 4.78 is 11.3. The van der Waals surface area contributed by atoms with Crippen molar-refractivity contribution in [2.75, 3.05) is 6.61 Å². The van der Waals surface area contributed by atoms with Gasteiger partial charge in [0.25, 0.3) is 0 Å². The fourth-order valence-corrected chi connectivity index (χ4v) is 2.70. The molecule has 0 amide bonds. The van der Waals surface area contributed by atoms with E-state index in [9.17, 15) is 9.59 Å². The summed E-state index contributed by atoms with van der Waals surface area (Å²) in [5.74, 6) is 0.762. The van der Waals surface area contributed by atoms with Crippen LogP contribution in [0.4, 0.5) is 0 Å². The summed E-state index contributed by atoms with van der Waals surface area (Å²) in [4.78, 5) is 26.8. The van der Waals surface area contributed by atoms with E-state index in [1.165, 1.54) is 0 Å². The number of ketones is 1. The molecule has 1 atom stereocenters. The average Bonchev–Trinajstić information content (AvgIpc) is 3.06. The molecule has 128 valence electrons. The van der Waals surface area contributed by atoms with Gasteiger partial charge in [0, 0.05) is 28.2 Å². The number of rotatable bonds is 7. The Morgan fingerprint density at radius 3 is 2.76 bits per heavy atom. The van der Waals surface area contributed by atoms with E-state index < -0.39 is 6.10 Å². The van der Waals surface area contributed by atoms with Crippen molar-refractivity contribution in [3.05, 3.63) is 59.8 Å². The molecule has 1 aromatic heterocycles. The molecule has 0 radical (unpaired) electrons. The minimum Gasteiger partial charge on any atom is -0.490 e. The molecular formula is C20H19NO4. The van der Waals surface area contributed by atoms with Gasteiger partial charge >= 0.3 is 0 Å². The van der Waals surface area contributed by atoms with Crippen LogP contribution in [0.3, 0.4) is 0 Å². The first-order valence-corrected chi connectivity index (χ1v) is 8.13. The molecule has 0 saturated heterocycles. The van der Waals surface area contributed by atoms with Gasteiger partial charge in [-0.05, 0) is 38.1 Å². The number of hydrogen-bond acceptors (Lipinski definition) is 4. The summed E-state index contributed by atoms with van der Waals surface area (Å²) >= 11 is 0. The molecule has 0 spiro atoms. The van der Waals surface area contributed by atoms with Crippen LogP contribution in [-0.4, -0.2) is 29.8 Å². The fraction of sp³-hybridized carbons (Fsp3) is 0.200. The zero-order chi connectivity index (χ0) is 17.8. The summed E-state index contributed by atoms with van der Waals surface area (Å²) in [6.07, 6.45) is 1.75. The number of para-hydroxylation sites is 1. The SMILES string of the molecule is CCOc1cc(C=O)ccc1O[C@H](C)C(=O)c1c[nH]c2ccccc12. The van der Waals surface area contributed by atoms with E-state index in [4.69, 9.17) is 9.47 Å². The van der Waals surface area contributed by atoms with Crippen LogP contribution < -0.4 is 9.47 Å². The van der Waals surface area contributed by atoms with Gasteiger partial charge in [-0.25, -0.2) is 0 Å². The van der Waals surface area contributed by atoms with Gasteiger partial charge in [-0.3, -0.25) is 9.59 Å². The first-order valence-electron chi connectivity index (χ1n) is 8.13. The molecule has 1 N–H and O–H groups in total. The van der Waals surface area contributed by atoms with Crippen LogP contribution in [0.5, 0.6) is 11.5 Å². The van der Waals surface area contributed by atoms with Crippen LogP contribution in [0.2, 0.25) is 0 Å². The van der Waals surface area contributed by atoms with Gasteiger partial charge in [0.2, 0.25) is 5.78 Å². The number of aromatic amines is 1. The van der Waals surface area contributed by atoms with Gasteiger partial charge in [-0.2, -0.15) is 0 Å². The minimum atomic E-state index is -0.694. The number of Topliss-reactive ketones (excluding diaryl/α,β-unsaturated/α-hetero) is 1. The Morgan fingerprint density at radius 2 is 2.00 bits per heavy atom. The predicted octanol–water partition coefficient (Wildman–Crippen LogP) is 4.03. The van der Waals surface area contributed by atoms with Crippen molar-refractivity contribution in [1.29, 1.82) is 0 Å². The van der Waals surface area contributed by atoms with Crippen molar-refractivity contribution < 1.29 is 19.1 Å². The number of ether oxygens (including phenoxy) is 2. The third kappa shape index (κ3) is 3.40. The van der Waals surface area contributed by atoms with E-state index in [1.807, 2.05) is 31.2 Å². The van der Waals surface area contributed by atoms with E-state index in [1.54, 1.807) is 31.3 Å². The fourth-order valence-electron chi connectivity index (χ4n) is 2.70. The molecule has 0 bridgehead atoms. The van der Waals surface area contributed by atoms with Gasteiger partial charge < -0.3 is 14.5 Å². The van der Waals surface area contributed by atoms with Crippen molar-refractivity contribution in [2.45, 2.75) is 20.0 Å². The standard InChI is InChI=1S/C20H19NO4/c1-3-24-19-10-14(12-22)8-9-18(19)25-13(2)20(23)16-11-21-17-7-5-4-6-15(16)17/h4-13,21H,3H2,1-2H3/t13-/m1/s1. The zero-order valence-corrected chi connectivity index (χ0v) is 14.1. The van der Waals surface area contributed by atoms with Crippen LogP contribution in [-0.2, 0) is 0 Å². The summed E-state index contributed by atoms with van der Waals surface area (Å²) in [7, 11) is 0. The summed E-state index contributed by atoms with van der Waals surface area (Å²) in [5.41, 5.74) is 1.99. The monoisotopic (exact) mass is 337 g/mol. The maximum Gasteiger partial charge on any atom is 0.205 e. The highest BCUT2D eigenvalue weighted by molar-refractivity contribution is 6.09. The number of fused-ring (bicyclic) bond motifs is 1. The molecule has 3 aromatic rings. The largest absolute Gasteiger partial charge is 0.490 e. The van der Waals surface area contributed by atoms with E-state index in [-0.39, 0.29) is 5.78 Å². The van der Waals surface area contributed by atoms with E-state index in [0.29, 0.717) is 29.2 Å². The number of aromatic nitrogens is 1. The normalized spacial score (nSPS) is 11.9. The Hall–Kier alpha value is -3.08. The number of benzene rings is 2. The second-order valence-electron chi connectivity index (χ2n) is 5.63. The Labute approximate surface area is 145 Å². The lowest BCUT2D eigenvalue weighted by Gasteiger charge is -2.16. The summed E-state index contributed by atoms with van der Waals surface area (Å²) in [6, 6.07) is 12.5. The van der Waals surface area contributed by atoms with E-state index in [2.05, 4.69) is 4.98 Å². The molecular weight excluding hydrogens is 318 g/mol. The number of carbonyl (C=O) groups is 2. The van der Waals surface area contributed by atoms with E-state index in [0.717, 1.165) is 17.2 Å². The maximum atomic E-state index is 12.8. The quantitative estimate of drug-likeness (QED) is 0.522. The van der Waals surface area contributed by atoms with E-state index >= 15 is 0 Å². The maximum absolute atomic E-state index is 12.8. The highest BCUT2D eigenvalue weighted by Gasteiger charge is 2.21. The molecule has 0 aliphatic carbocycles. The molecule has 0 unspecified atom stereocenters. The van der Waals surface area contributed by atoms with Crippen LogP contribution in [0, 0.1) is 0 Å². The van der Waals surface area contributed by atoms with Gasteiger partial charge in [-0.15, -0.1) is 0 Å². The van der Waals surface area contributed by atoms with Crippen LogP contribution in [0.1, 0.15) is 34.6 Å². The van der Waals surface area contributed by atoms with Crippen molar-refractivity contribution in [3.8, 4) is 11.5 Å². The van der Waals surface area contributed by atoms with Crippen molar-refractivity contribution in [1.82, 2.24) is 4.98 Å². The molecule has 3 rings (SSSR count).